The molecule has 0 aromatic heterocycles. The van der Waals surface area contributed by atoms with Gasteiger partial charge in [-0.2, -0.15) is 0 Å². The van der Waals surface area contributed by atoms with Gasteiger partial charge < -0.3 is 14.9 Å². The van der Waals surface area contributed by atoms with Crippen molar-refractivity contribution in [2.45, 2.75) is 31.4 Å². The summed E-state index contributed by atoms with van der Waals surface area (Å²) in [6, 6.07) is 8.18. The van der Waals surface area contributed by atoms with Crippen LogP contribution in [0.1, 0.15) is 18.4 Å². The standard InChI is InChI=1S/C16H23BrN2O2/c1-18(2)10-14-9-15(20)11-19(14)16(21)7-6-12-4-3-5-13(17)8-12/h3-5,8,14-15,20H,6-7,9-11H2,1-2H3. The van der Waals surface area contributed by atoms with E-state index >= 15 is 0 Å². The minimum Gasteiger partial charge on any atom is -0.391 e. The number of rotatable bonds is 5. The Kier molecular flexibility index (Phi) is 5.79. The van der Waals surface area contributed by atoms with Crippen molar-refractivity contribution in [3.63, 3.8) is 0 Å². The fraction of sp³-hybridized carbons (Fsp3) is 0.562. The maximum absolute atomic E-state index is 12.4. The maximum Gasteiger partial charge on any atom is 0.223 e. The second-order valence-corrected chi connectivity index (χ2v) is 6.90. The zero-order valence-electron chi connectivity index (χ0n) is 12.6. The molecule has 1 aromatic carbocycles. The van der Waals surface area contributed by atoms with Crippen molar-refractivity contribution < 1.29 is 9.90 Å². The fourth-order valence-electron chi connectivity index (χ4n) is 2.88. The molecule has 21 heavy (non-hydrogen) atoms. The Balaban J connectivity index is 1.92. The van der Waals surface area contributed by atoms with E-state index < -0.39 is 0 Å². The smallest absolute Gasteiger partial charge is 0.223 e. The molecule has 116 valence electrons. The van der Waals surface area contributed by atoms with Crippen molar-refractivity contribution in [1.82, 2.24) is 9.80 Å². The molecule has 1 saturated heterocycles. The summed E-state index contributed by atoms with van der Waals surface area (Å²) in [7, 11) is 3.99. The van der Waals surface area contributed by atoms with E-state index in [4.69, 9.17) is 0 Å². The molecule has 2 unspecified atom stereocenters. The van der Waals surface area contributed by atoms with Crippen molar-refractivity contribution in [2.24, 2.45) is 0 Å². The van der Waals surface area contributed by atoms with Crippen LogP contribution in [-0.4, -0.2) is 60.1 Å². The van der Waals surface area contributed by atoms with Crippen LogP contribution in [-0.2, 0) is 11.2 Å². The van der Waals surface area contributed by atoms with Crippen LogP contribution in [0, 0.1) is 0 Å². The second kappa shape index (κ2) is 7.38. The SMILES string of the molecule is CN(C)CC1CC(O)CN1C(=O)CCc1cccc(Br)c1. The predicted molar refractivity (Wildman–Crippen MR) is 87.1 cm³/mol. The summed E-state index contributed by atoms with van der Waals surface area (Å²) in [5.74, 6) is 0.137. The molecule has 1 aliphatic heterocycles. The Bertz CT molecular complexity index is 493. The van der Waals surface area contributed by atoms with Gasteiger partial charge in [-0.3, -0.25) is 4.79 Å². The molecular weight excluding hydrogens is 332 g/mol. The highest BCUT2D eigenvalue weighted by molar-refractivity contribution is 9.10. The lowest BCUT2D eigenvalue weighted by molar-refractivity contribution is -0.132. The van der Waals surface area contributed by atoms with Crippen LogP contribution in [0.3, 0.4) is 0 Å². The number of aliphatic hydroxyl groups excluding tert-OH is 1. The molecule has 1 heterocycles. The summed E-state index contributed by atoms with van der Waals surface area (Å²) in [5, 5.41) is 9.83. The Morgan fingerprint density at radius 1 is 1.48 bits per heavy atom. The van der Waals surface area contributed by atoms with Crippen molar-refractivity contribution in [1.29, 1.82) is 0 Å². The number of carbonyl (C=O) groups excluding carboxylic acids is 1. The van der Waals surface area contributed by atoms with Crippen molar-refractivity contribution >= 4 is 21.8 Å². The van der Waals surface area contributed by atoms with E-state index in [9.17, 15) is 9.90 Å². The highest BCUT2D eigenvalue weighted by Gasteiger charge is 2.33. The summed E-state index contributed by atoms with van der Waals surface area (Å²) in [6.07, 6.45) is 1.53. The zero-order valence-corrected chi connectivity index (χ0v) is 14.2. The minimum atomic E-state index is -0.384. The predicted octanol–water partition coefficient (Wildman–Crippen LogP) is 1.91. The lowest BCUT2D eigenvalue weighted by Crippen LogP contribution is -2.41. The number of aliphatic hydroxyl groups is 1. The van der Waals surface area contributed by atoms with E-state index in [1.165, 1.54) is 0 Å². The third-order valence-electron chi connectivity index (χ3n) is 3.81. The first-order chi connectivity index (χ1) is 9.95. The number of benzene rings is 1. The van der Waals surface area contributed by atoms with E-state index in [1.807, 2.05) is 43.3 Å². The molecule has 2 atom stereocenters. The number of aryl methyl sites for hydroxylation is 1. The quantitative estimate of drug-likeness (QED) is 0.878. The van der Waals surface area contributed by atoms with Crippen LogP contribution in [0.2, 0.25) is 0 Å². The maximum atomic E-state index is 12.4. The van der Waals surface area contributed by atoms with Gasteiger partial charge in [0.25, 0.3) is 0 Å². The topological polar surface area (TPSA) is 43.8 Å². The van der Waals surface area contributed by atoms with Gasteiger partial charge in [-0.15, -0.1) is 0 Å². The van der Waals surface area contributed by atoms with Crippen LogP contribution in [0.15, 0.2) is 28.7 Å². The highest BCUT2D eigenvalue weighted by Crippen LogP contribution is 2.20. The molecule has 1 N–H and O–H groups in total. The summed E-state index contributed by atoms with van der Waals surface area (Å²) < 4.78 is 1.04. The fourth-order valence-corrected chi connectivity index (χ4v) is 3.33. The molecule has 1 fully saturated rings. The third kappa shape index (κ3) is 4.80. The van der Waals surface area contributed by atoms with Crippen LogP contribution >= 0.6 is 15.9 Å². The number of carbonyl (C=O) groups is 1. The normalized spacial score (nSPS) is 22.0. The van der Waals surface area contributed by atoms with Crippen LogP contribution in [0.5, 0.6) is 0 Å². The molecule has 1 aromatic rings. The first kappa shape index (κ1) is 16.5. The molecular formula is C16H23BrN2O2. The Morgan fingerprint density at radius 3 is 2.90 bits per heavy atom. The van der Waals surface area contributed by atoms with Crippen molar-refractivity contribution in [3.05, 3.63) is 34.3 Å². The van der Waals surface area contributed by atoms with Gasteiger partial charge in [0, 0.05) is 30.0 Å². The number of hydrogen-bond donors (Lipinski definition) is 1. The Morgan fingerprint density at radius 2 is 2.24 bits per heavy atom. The van der Waals surface area contributed by atoms with Gasteiger partial charge in [0.15, 0.2) is 0 Å². The van der Waals surface area contributed by atoms with Gasteiger partial charge >= 0.3 is 0 Å². The van der Waals surface area contributed by atoms with Gasteiger partial charge in [0.1, 0.15) is 0 Å². The number of likely N-dealkylation sites (tertiary alicyclic amines) is 1. The Hall–Kier alpha value is -0.910. The average molecular weight is 355 g/mol. The van der Waals surface area contributed by atoms with Crippen LogP contribution in [0.25, 0.3) is 0 Å². The van der Waals surface area contributed by atoms with Gasteiger partial charge in [0.2, 0.25) is 5.91 Å². The van der Waals surface area contributed by atoms with Crippen LogP contribution < -0.4 is 0 Å². The molecule has 0 bridgehead atoms. The third-order valence-corrected chi connectivity index (χ3v) is 4.30. The molecule has 0 spiro atoms. The summed E-state index contributed by atoms with van der Waals surface area (Å²) in [5.41, 5.74) is 1.15. The van der Waals surface area contributed by atoms with E-state index in [0.29, 0.717) is 19.4 Å². The summed E-state index contributed by atoms with van der Waals surface area (Å²) >= 11 is 3.45. The van der Waals surface area contributed by atoms with Crippen molar-refractivity contribution in [3.8, 4) is 0 Å². The van der Waals surface area contributed by atoms with E-state index in [0.717, 1.165) is 23.0 Å². The molecule has 0 radical (unpaired) electrons. The van der Waals surface area contributed by atoms with Gasteiger partial charge in [-0.1, -0.05) is 28.1 Å². The minimum absolute atomic E-state index is 0.130. The average Bonchev–Trinajstić information content (AvgIpc) is 2.76. The number of halogens is 1. The molecule has 5 heteroatoms. The van der Waals surface area contributed by atoms with Gasteiger partial charge in [0.05, 0.1) is 6.10 Å². The van der Waals surface area contributed by atoms with Gasteiger partial charge in [-0.25, -0.2) is 0 Å². The molecule has 1 amide bonds. The summed E-state index contributed by atoms with van der Waals surface area (Å²) in [4.78, 5) is 16.3. The highest BCUT2D eigenvalue weighted by atomic mass is 79.9. The summed E-state index contributed by atoms with van der Waals surface area (Å²) in [6.45, 7) is 1.27. The Labute approximate surface area is 134 Å². The lowest BCUT2D eigenvalue weighted by atomic mass is 10.1. The lowest BCUT2D eigenvalue weighted by Gasteiger charge is -2.27. The second-order valence-electron chi connectivity index (χ2n) is 5.98. The molecule has 1 aliphatic rings. The van der Waals surface area contributed by atoms with E-state index in [-0.39, 0.29) is 18.1 Å². The number of β-amino-alcohol motifs (C(OH)–C–C–N with tert-alkyl or cyclic N) is 1. The largest absolute Gasteiger partial charge is 0.391 e. The van der Waals surface area contributed by atoms with Crippen LogP contribution in [0.4, 0.5) is 0 Å². The monoisotopic (exact) mass is 354 g/mol. The van der Waals surface area contributed by atoms with E-state index in [1.54, 1.807) is 0 Å². The first-order valence-corrected chi connectivity index (χ1v) is 8.11. The van der Waals surface area contributed by atoms with Gasteiger partial charge in [-0.05, 0) is 44.6 Å². The molecule has 4 nitrogen and oxygen atoms in total. The first-order valence-electron chi connectivity index (χ1n) is 7.32. The number of amides is 1. The molecule has 0 saturated carbocycles. The van der Waals surface area contributed by atoms with Crippen molar-refractivity contribution in [2.75, 3.05) is 27.2 Å². The number of nitrogens with zero attached hydrogens (tertiary/aromatic N) is 2. The molecule has 0 aliphatic carbocycles. The zero-order chi connectivity index (χ0) is 15.4. The number of hydrogen-bond acceptors (Lipinski definition) is 3. The molecule has 2 rings (SSSR count). The number of likely N-dealkylation sites (N-methyl/N-ethyl adjacent to an activating group) is 1. The van der Waals surface area contributed by atoms with E-state index in [2.05, 4.69) is 20.8 Å².